The Balaban J connectivity index is 3.96. The molecule has 0 aliphatic rings. The molecule has 0 spiro atoms. The average Bonchev–Trinajstić information content (AvgIpc) is 2.23. The predicted molar refractivity (Wildman–Crippen MR) is 57.4 cm³/mol. The fourth-order valence-electron chi connectivity index (χ4n) is 1.02. The van der Waals surface area contributed by atoms with E-state index in [1.165, 1.54) is 12.0 Å². The molecule has 0 saturated heterocycles. The topological polar surface area (TPSA) is 58.6 Å². The maximum atomic E-state index is 11.5. The maximum Gasteiger partial charge on any atom is 0.251 e. The third-order valence-corrected chi connectivity index (χ3v) is 2.03. The zero-order valence-corrected chi connectivity index (χ0v) is 9.87. The van der Waals surface area contributed by atoms with Crippen LogP contribution in [-0.2, 0) is 14.3 Å². The normalized spacial score (nSPS) is 12.0. The highest BCUT2D eigenvalue weighted by Crippen LogP contribution is 1.95. The fraction of sp³-hybridized carbons (Fsp3) is 0.800. The number of likely N-dealkylation sites (N-methyl/N-ethyl adjacent to an activating group) is 1. The van der Waals surface area contributed by atoms with Crippen LogP contribution in [0.4, 0.5) is 0 Å². The van der Waals surface area contributed by atoms with Crippen LogP contribution in [0, 0.1) is 0 Å². The number of nitrogens with zero attached hydrogens (tertiary/aromatic N) is 1. The van der Waals surface area contributed by atoms with Crippen molar-refractivity contribution in [2.45, 2.75) is 26.4 Å². The smallest absolute Gasteiger partial charge is 0.251 e. The third kappa shape index (κ3) is 5.37. The van der Waals surface area contributed by atoms with E-state index in [1.54, 1.807) is 14.0 Å². The first kappa shape index (κ1) is 13.9. The van der Waals surface area contributed by atoms with Gasteiger partial charge in [-0.2, -0.15) is 0 Å². The lowest BCUT2D eigenvalue weighted by atomic mass is 10.3. The van der Waals surface area contributed by atoms with E-state index in [4.69, 9.17) is 4.74 Å². The molecule has 1 unspecified atom stereocenters. The van der Waals surface area contributed by atoms with Gasteiger partial charge in [-0.1, -0.05) is 6.92 Å². The van der Waals surface area contributed by atoms with Gasteiger partial charge in [0.15, 0.2) is 0 Å². The van der Waals surface area contributed by atoms with Crippen molar-refractivity contribution in [3.05, 3.63) is 0 Å². The van der Waals surface area contributed by atoms with E-state index in [0.29, 0.717) is 6.54 Å². The summed E-state index contributed by atoms with van der Waals surface area (Å²) >= 11 is 0. The number of rotatable bonds is 6. The number of carbonyl (C=O) groups is 2. The standard InChI is InChI=1S/C10H20N2O3/c1-5-6-11-9(13)7-12(3)10(14)8(2)15-4/h8H,5-7H2,1-4H3,(H,11,13). The number of amides is 2. The molecule has 5 heteroatoms. The number of hydrogen-bond acceptors (Lipinski definition) is 3. The van der Waals surface area contributed by atoms with E-state index in [0.717, 1.165) is 6.42 Å². The van der Waals surface area contributed by atoms with E-state index in [-0.39, 0.29) is 18.4 Å². The molecule has 0 aromatic rings. The average molecular weight is 216 g/mol. The highest BCUT2D eigenvalue weighted by Gasteiger charge is 2.18. The Kier molecular flexibility index (Phi) is 6.70. The van der Waals surface area contributed by atoms with Gasteiger partial charge in [-0.15, -0.1) is 0 Å². The minimum absolute atomic E-state index is 0.0759. The summed E-state index contributed by atoms with van der Waals surface area (Å²) in [6, 6.07) is 0. The molecular formula is C10H20N2O3. The van der Waals surface area contributed by atoms with E-state index >= 15 is 0 Å². The first-order chi connectivity index (χ1) is 7.02. The van der Waals surface area contributed by atoms with Crippen LogP contribution in [0.25, 0.3) is 0 Å². The van der Waals surface area contributed by atoms with Gasteiger partial charge in [0.05, 0.1) is 6.54 Å². The molecule has 0 rings (SSSR count). The van der Waals surface area contributed by atoms with E-state index < -0.39 is 6.10 Å². The molecule has 88 valence electrons. The fourth-order valence-corrected chi connectivity index (χ4v) is 1.02. The summed E-state index contributed by atoms with van der Waals surface area (Å²) in [5.41, 5.74) is 0. The molecule has 0 heterocycles. The van der Waals surface area contributed by atoms with Gasteiger partial charge < -0.3 is 15.0 Å². The lowest BCUT2D eigenvalue weighted by Crippen LogP contribution is -2.42. The quantitative estimate of drug-likeness (QED) is 0.680. The molecule has 0 saturated carbocycles. The molecule has 0 fully saturated rings. The van der Waals surface area contributed by atoms with Crippen LogP contribution in [0.15, 0.2) is 0 Å². The van der Waals surface area contributed by atoms with Crippen molar-refractivity contribution in [3.63, 3.8) is 0 Å². The molecule has 2 amide bonds. The van der Waals surface area contributed by atoms with E-state index in [1.807, 2.05) is 6.92 Å². The van der Waals surface area contributed by atoms with Crippen LogP contribution >= 0.6 is 0 Å². The minimum Gasteiger partial charge on any atom is -0.372 e. The third-order valence-electron chi connectivity index (χ3n) is 2.03. The first-order valence-electron chi connectivity index (χ1n) is 5.07. The van der Waals surface area contributed by atoms with Crippen molar-refractivity contribution in [1.29, 1.82) is 0 Å². The van der Waals surface area contributed by atoms with Crippen LogP contribution in [0.2, 0.25) is 0 Å². The second-order valence-electron chi connectivity index (χ2n) is 3.42. The molecule has 1 N–H and O–H groups in total. The first-order valence-corrected chi connectivity index (χ1v) is 5.07. The Labute approximate surface area is 90.8 Å². The van der Waals surface area contributed by atoms with Gasteiger partial charge in [0.2, 0.25) is 5.91 Å². The molecule has 0 aromatic carbocycles. The van der Waals surface area contributed by atoms with Crippen molar-refractivity contribution < 1.29 is 14.3 Å². The van der Waals surface area contributed by atoms with Gasteiger partial charge in [0, 0.05) is 20.7 Å². The van der Waals surface area contributed by atoms with Crippen LogP contribution in [0.5, 0.6) is 0 Å². The minimum atomic E-state index is -0.506. The number of carbonyl (C=O) groups excluding carboxylic acids is 2. The van der Waals surface area contributed by atoms with Gasteiger partial charge in [-0.25, -0.2) is 0 Å². The van der Waals surface area contributed by atoms with Gasteiger partial charge >= 0.3 is 0 Å². The van der Waals surface area contributed by atoms with Crippen molar-refractivity contribution in [2.75, 3.05) is 27.2 Å². The van der Waals surface area contributed by atoms with Crippen LogP contribution in [0.3, 0.4) is 0 Å². The molecule has 1 atom stereocenters. The van der Waals surface area contributed by atoms with Gasteiger partial charge in [-0.05, 0) is 13.3 Å². The number of ether oxygens (including phenoxy) is 1. The highest BCUT2D eigenvalue weighted by molar-refractivity contribution is 5.86. The second kappa shape index (κ2) is 7.23. The number of methoxy groups -OCH3 is 1. The van der Waals surface area contributed by atoms with E-state index in [2.05, 4.69) is 5.32 Å². The van der Waals surface area contributed by atoms with Crippen molar-refractivity contribution in [2.24, 2.45) is 0 Å². The summed E-state index contributed by atoms with van der Waals surface area (Å²) in [4.78, 5) is 24.1. The molecule has 0 bridgehead atoms. The van der Waals surface area contributed by atoms with Gasteiger partial charge in [-0.3, -0.25) is 9.59 Å². The summed E-state index contributed by atoms with van der Waals surface area (Å²) in [7, 11) is 3.05. The summed E-state index contributed by atoms with van der Waals surface area (Å²) < 4.78 is 4.87. The van der Waals surface area contributed by atoms with Gasteiger partial charge in [0.1, 0.15) is 6.10 Å². The predicted octanol–water partition coefficient (Wildman–Crippen LogP) is 0.00590. The molecule has 0 radical (unpaired) electrons. The molecule has 15 heavy (non-hydrogen) atoms. The SMILES string of the molecule is CCCNC(=O)CN(C)C(=O)C(C)OC. The molecule has 5 nitrogen and oxygen atoms in total. The van der Waals surface area contributed by atoms with Crippen molar-refractivity contribution >= 4 is 11.8 Å². The number of nitrogens with one attached hydrogen (secondary N) is 1. The zero-order valence-electron chi connectivity index (χ0n) is 9.87. The largest absolute Gasteiger partial charge is 0.372 e. The van der Waals surface area contributed by atoms with E-state index in [9.17, 15) is 9.59 Å². The lowest BCUT2D eigenvalue weighted by molar-refractivity contribution is -0.142. The Morgan fingerprint density at radius 1 is 1.47 bits per heavy atom. The van der Waals surface area contributed by atoms with Crippen LogP contribution < -0.4 is 5.32 Å². The lowest BCUT2D eigenvalue weighted by Gasteiger charge is -2.19. The summed E-state index contributed by atoms with van der Waals surface area (Å²) in [5.74, 6) is -0.333. The zero-order chi connectivity index (χ0) is 11.8. The second-order valence-corrected chi connectivity index (χ2v) is 3.42. The summed E-state index contributed by atoms with van der Waals surface area (Å²) in [6.45, 7) is 4.35. The molecule has 0 aliphatic heterocycles. The summed E-state index contributed by atoms with van der Waals surface area (Å²) in [5, 5.41) is 2.70. The van der Waals surface area contributed by atoms with Gasteiger partial charge in [0.25, 0.3) is 5.91 Å². The molecular weight excluding hydrogens is 196 g/mol. The van der Waals surface area contributed by atoms with Crippen molar-refractivity contribution in [3.8, 4) is 0 Å². The van der Waals surface area contributed by atoms with Crippen LogP contribution in [0.1, 0.15) is 20.3 Å². The van der Waals surface area contributed by atoms with Crippen molar-refractivity contribution in [1.82, 2.24) is 10.2 Å². The molecule has 0 aliphatic carbocycles. The maximum absolute atomic E-state index is 11.5. The van der Waals surface area contributed by atoms with Crippen LogP contribution in [-0.4, -0.2) is 50.1 Å². The summed E-state index contributed by atoms with van der Waals surface area (Å²) in [6.07, 6.45) is 0.381. The Hall–Kier alpha value is -1.10. The Bertz CT molecular complexity index is 219. The number of hydrogen-bond donors (Lipinski definition) is 1. The Morgan fingerprint density at radius 2 is 2.07 bits per heavy atom. The Morgan fingerprint density at radius 3 is 2.53 bits per heavy atom. The molecule has 0 aromatic heterocycles. The highest BCUT2D eigenvalue weighted by atomic mass is 16.5. The monoisotopic (exact) mass is 216 g/mol.